The molecule has 0 aliphatic carbocycles. The zero-order valence-corrected chi connectivity index (χ0v) is 23.8. The van der Waals surface area contributed by atoms with Crippen LogP contribution in [0.3, 0.4) is 0 Å². The van der Waals surface area contributed by atoms with Gasteiger partial charge in [-0.2, -0.15) is 0 Å². The maximum Gasteiger partial charge on any atom is 0.0645 e. The second-order valence-corrected chi connectivity index (χ2v) is 10.6. The minimum atomic E-state index is -0.410. The van der Waals surface area contributed by atoms with E-state index in [1.165, 1.54) is 0 Å². The molecule has 0 saturated carbocycles. The molecule has 7 aromatic carbocycles. The van der Waals surface area contributed by atoms with E-state index in [1.807, 2.05) is 89.5 Å². The highest BCUT2D eigenvalue weighted by molar-refractivity contribution is 6.16. The minimum Gasteiger partial charge on any atom is -0.310 e. The van der Waals surface area contributed by atoms with Gasteiger partial charge in [0, 0.05) is 33.4 Å². The summed E-state index contributed by atoms with van der Waals surface area (Å²) in [7, 11) is 0. The number of benzene rings is 7. The topological polar surface area (TPSA) is 8.17 Å². The van der Waals surface area contributed by atoms with Crippen molar-refractivity contribution < 1.29 is 6.85 Å². The van der Waals surface area contributed by atoms with Gasteiger partial charge in [0.15, 0.2) is 0 Å². The predicted molar refractivity (Wildman–Crippen MR) is 186 cm³/mol. The summed E-state index contributed by atoms with van der Waals surface area (Å²) >= 11 is 0. The van der Waals surface area contributed by atoms with Gasteiger partial charge in [-0.1, -0.05) is 127 Å². The molecule has 0 atom stereocenters. The van der Waals surface area contributed by atoms with Crippen LogP contribution in [0, 0.1) is 0 Å². The summed E-state index contributed by atoms with van der Waals surface area (Å²) in [4.78, 5) is 2.26. The van der Waals surface area contributed by atoms with Crippen LogP contribution in [0.25, 0.3) is 49.7 Å². The standard InChI is InChI=1S/C42H30N2/c1-4-15-31(16-5-1)32-27-29-35(30-28-32)43(33-17-6-2-7-18-33)39-24-12-10-21-36(39)37-23-14-26-41-42(37)38-22-11-13-25-40(38)44(41)34-19-8-3-9-20-34/h1-30H/i3D,8D,9D,19D,20D. The van der Waals surface area contributed by atoms with Gasteiger partial charge >= 0.3 is 0 Å². The second-order valence-electron chi connectivity index (χ2n) is 10.6. The Morgan fingerprint density at radius 3 is 1.84 bits per heavy atom. The predicted octanol–water partition coefficient (Wildman–Crippen LogP) is 11.6. The van der Waals surface area contributed by atoms with E-state index in [9.17, 15) is 0 Å². The average molecular weight is 568 g/mol. The molecule has 1 aromatic heterocycles. The van der Waals surface area contributed by atoms with Crippen LogP contribution in [0.1, 0.15) is 6.85 Å². The largest absolute Gasteiger partial charge is 0.310 e. The highest BCUT2D eigenvalue weighted by Gasteiger charge is 2.21. The molecule has 0 aliphatic heterocycles. The van der Waals surface area contributed by atoms with Crippen LogP contribution < -0.4 is 4.90 Å². The van der Waals surface area contributed by atoms with Crippen LogP contribution in [-0.2, 0) is 0 Å². The van der Waals surface area contributed by atoms with Crippen molar-refractivity contribution in [3.05, 3.63) is 182 Å². The van der Waals surface area contributed by atoms with E-state index in [4.69, 9.17) is 6.85 Å². The van der Waals surface area contributed by atoms with Crippen LogP contribution >= 0.6 is 0 Å². The Kier molecular flexibility index (Phi) is 5.27. The van der Waals surface area contributed by atoms with Crippen LogP contribution in [0.2, 0.25) is 0 Å². The summed E-state index contributed by atoms with van der Waals surface area (Å²) in [6.07, 6.45) is 0. The molecule has 208 valence electrons. The fourth-order valence-electron chi connectivity index (χ4n) is 6.17. The molecule has 1 heterocycles. The van der Waals surface area contributed by atoms with Crippen molar-refractivity contribution in [2.45, 2.75) is 0 Å². The number of fused-ring (bicyclic) bond motifs is 3. The zero-order valence-electron chi connectivity index (χ0n) is 28.8. The number of nitrogens with zero attached hydrogens (tertiary/aromatic N) is 2. The lowest BCUT2D eigenvalue weighted by atomic mass is 9.96. The van der Waals surface area contributed by atoms with Crippen molar-refractivity contribution in [1.82, 2.24) is 4.57 Å². The van der Waals surface area contributed by atoms with E-state index in [1.54, 1.807) is 0 Å². The highest BCUT2D eigenvalue weighted by Crippen LogP contribution is 2.45. The van der Waals surface area contributed by atoms with Crippen LogP contribution in [0.15, 0.2) is 182 Å². The monoisotopic (exact) mass is 567 g/mol. The lowest BCUT2D eigenvalue weighted by Gasteiger charge is -2.28. The Morgan fingerprint density at radius 1 is 0.455 bits per heavy atom. The number of hydrogen-bond acceptors (Lipinski definition) is 1. The first kappa shape index (κ1) is 20.9. The van der Waals surface area contributed by atoms with Crippen LogP contribution in [0.4, 0.5) is 17.1 Å². The maximum absolute atomic E-state index is 8.83. The van der Waals surface area contributed by atoms with Crippen molar-refractivity contribution in [1.29, 1.82) is 0 Å². The van der Waals surface area contributed by atoms with Gasteiger partial charge in [0.2, 0.25) is 0 Å². The number of para-hydroxylation sites is 4. The van der Waals surface area contributed by atoms with Crippen molar-refractivity contribution in [2.24, 2.45) is 0 Å². The summed E-state index contributed by atoms with van der Waals surface area (Å²) in [6.45, 7) is 0. The molecular weight excluding hydrogens is 532 g/mol. The van der Waals surface area contributed by atoms with Gasteiger partial charge in [-0.05, 0) is 71.2 Å². The number of aromatic nitrogens is 1. The average Bonchev–Trinajstić information content (AvgIpc) is 3.49. The fourth-order valence-corrected chi connectivity index (χ4v) is 6.17. The molecular formula is C42H30N2. The molecule has 8 rings (SSSR count). The first-order chi connectivity index (χ1) is 23.9. The van der Waals surface area contributed by atoms with E-state index in [0.717, 1.165) is 61.1 Å². The molecule has 0 N–H and O–H groups in total. The number of hydrogen-bond donors (Lipinski definition) is 0. The lowest BCUT2D eigenvalue weighted by Crippen LogP contribution is -2.11. The molecule has 0 radical (unpaired) electrons. The summed E-state index contributed by atoms with van der Waals surface area (Å²) in [5.74, 6) is 0. The fraction of sp³-hybridized carbons (Fsp3) is 0. The Morgan fingerprint density at radius 2 is 1.05 bits per heavy atom. The molecule has 0 saturated heterocycles. The Bertz CT molecular complexity index is 2460. The molecule has 0 amide bonds. The molecule has 0 aliphatic rings. The third kappa shape index (κ3) is 4.45. The first-order valence-electron chi connectivity index (χ1n) is 17.1. The Balaban J connectivity index is 1.38. The van der Waals surface area contributed by atoms with E-state index in [0.29, 0.717) is 0 Å². The van der Waals surface area contributed by atoms with Crippen LogP contribution in [-0.4, -0.2) is 4.57 Å². The summed E-state index contributed by atoms with van der Waals surface area (Å²) in [5, 5.41) is 1.86. The number of anilines is 3. The van der Waals surface area contributed by atoms with E-state index in [2.05, 4.69) is 71.6 Å². The number of rotatable bonds is 6. The zero-order chi connectivity index (χ0) is 33.6. The smallest absolute Gasteiger partial charge is 0.0645 e. The molecule has 8 aromatic rings. The maximum atomic E-state index is 8.83. The lowest BCUT2D eigenvalue weighted by molar-refractivity contribution is 1.18. The molecule has 0 spiro atoms. The molecule has 0 unspecified atom stereocenters. The summed E-state index contributed by atoms with van der Waals surface area (Å²) in [6, 6.07) is 49.8. The van der Waals surface area contributed by atoms with Gasteiger partial charge < -0.3 is 9.47 Å². The van der Waals surface area contributed by atoms with Gasteiger partial charge in [0.1, 0.15) is 0 Å². The van der Waals surface area contributed by atoms with Crippen molar-refractivity contribution >= 4 is 38.9 Å². The van der Waals surface area contributed by atoms with E-state index in [-0.39, 0.29) is 29.9 Å². The second kappa shape index (κ2) is 11.1. The van der Waals surface area contributed by atoms with Crippen molar-refractivity contribution in [2.75, 3.05) is 4.90 Å². The molecule has 2 nitrogen and oxygen atoms in total. The van der Waals surface area contributed by atoms with Gasteiger partial charge in [-0.15, -0.1) is 0 Å². The van der Waals surface area contributed by atoms with Crippen LogP contribution in [0.5, 0.6) is 0 Å². The van der Waals surface area contributed by atoms with E-state index < -0.39 is 6.04 Å². The van der Waals surface area contributed by atoms with Crippen molar-refractivity contribution in [3.8, 4) is 27.9 Å². The molecule has 0 bridgehead atoms. The van der Waals surface area contributed by atoms with Gasteiger partial charge in [-0.25, -0.2) is 0 Å². The first-order valence-corrected chi connectivity index (χ1v) is 14.6. The van der Waals surface area contributed by atoms with Crippen molar-refractivity contribution in [3.63, 3.8) is 0 Å². The highest BCUT2D eigenvalue weighted by atomic mass is 15.1. The third-order valence-electron chi connectivity index (χ3n) is 8.09. The third-order valence-corrected chi connectivity index (χ3v) is 8.09. The van der Waals surface area contributed by atoms with E-state index >= 15 is 0 Å². The molecule has 2 heteroatoms. The van der Waals surface area contributed by atoms with Gasteiger partial charge in [0.05, 0.1) is 23.6 Å². The summed E-state index contributed by atoms with van der Waals surface area (Å²) < 4.78 is 44.5. The minimum absolute atomic E-state index is 0.132. The normalized spacial score (nSPS) is 12.8. The quantitative estimate of drug-likeness (QED) is 0.194. The molecule has 0 fully saturated rings. The summed E-state index contributed by atoms with van der Waals surface area (Å²) in [5.41, 5.74) is 8.90. The Hall–Kier alpha value is -5.86. The van der Waals surface area contributed by atoms with Gasteiger partial charge in [-0.3, -0.25) is 0 Å². The SMILES string of the molecule is [2H]c1c([2H])c([2H])c(-n2c3ccccc3c3c(-c4ccccc4N(c4ccccc4)c4ccc(-c5ccccc5)cc4)cccc32)c([2H])c1[2H]. The van der Waals surface area contributed by atoms with Gasteiger partial charge in [0.25, 0.3) is 0 Å². The molecule has 44 heavy (non-hydrogen) atoms. The Labute approximate surface area is 264 Å².